The number of hydrogen-bond donors (Lipinski definition) is 0. The van der Waals surface area contributed by atoms with Crippen LogP contribution in [0, 0.1) is 0 Å². The van der Waals surface area contributed by atoms with Gasteiger partial charge in [-0.3, -0.25) is 0 Å². The third-order valence-electron chi connectivity index (χ3n) is 3.78. The summed E-state index contributed by atoms with van der Waals surface area (Å²) in [5.74, 6) is 0.337. The van der Waals surface area contributed by atoms with E-state index in [4.69, 9.17) is 0 Å². The zero-order valence-electron chi connectivity index (χ0n) is 10.6. The molecule has 17 heavy (non-hydrogen) atoms. The Morgan fingerprint density at radius 3 is 2.06 bits per heavy atom. The molecule has 5 heteroatoms. The number of sulfonamides is 1. The van der Waals surface area contributed by atoms with Crippen LogP contribution >= 0.6 is 0 Å². The lowest BCUT2D eigenvalue weighted by molar-refractivity contribution is 0.330. The van der Waals surface area contributed by atoms with Gasteiger partial charge in [0.15, 0.2) is 0 Å². The molecule has 2 saturated heterocycles. The third kappa shape index (κ3) is 3.93. The highest BCUT2D eigenvalue weighted by atomic mass is 32.2. The molecule has 0 atom stereocenters. The number of likely N-dealkylation sites (tertiary alicyclic amines) is 1. The van der Waals surface area contributed by atoms with Gasteiger partial charge in [0.2, 0.25) is 10.0 Å². The van der Waals surface area contributed by atoms with Crippen molar-refractivity contribution in [2.24, 2.45) is 0 Å². The van der Waals surface area contributed by atoms with Crippen molar-refractivity contribution in [3.8, 4) is 0 Å². The molecule has 0 saturated carbocycles. The molecule has 0 unspecified atom stereocenters. The minimum atomic E-state index is -2.97. The number of piperidine rings is 1. The maximum atomic E-state index is 12.1. The Kier molecular flexibility index (Phi) is 4.82. The summed E-state index contributed by atoms with van der Waals surface area (Å²) in [5, 5.41) is 0. The summed E-state index contributed by atoms with van der Waals surface area (Å²) in [4.78, 5) is 2.38. The second kappa shape index (κ2) is 6.16. The Hall–Kier alpha value is -0.130. The lowest BCUT2D eigenvalue weighted by Gasteiger charge is -2.26. The first-order chi connectivity index (χ1) is 8.18. The molecule has 0 aromatic carbocycles. The zero-order chi connectivity index (χ0) is 12.1. The minimum Gasteiger partial charge on any atom is -0.303 e. The van der Waals surface area contributed by atoms with E-state index in [1.165, 1.54) is 19.3 Å². The average molecular weight is 260 g/mol. The Bertz CT molecular complexity index is 317. The summed E-state index contributed by atoms with van der Waals surface area (Å²) in [7, 11) is -2.97. The quantitative estimate of drug-likeness (QED) is 0.748. The molecule has 0 amide bonds. The summed E-state index contributed by atoms with van der Waals surface area (Å²) in [6.45, 7) is 4.75. The molecule has 0 bridgehead atoms. The molecular weight excluding hydrogens is 236 g/mol. The monoisotopic (exact) mass is 260 g/mol. The molecule has 100 valence electrons. The van der Waals surface area contributed by atoms with Crippen LogP contribution in [0.1, 0.15) is 38.5 Å². The Balaban J connectivity index is 1.72. The fourth-order valence-corrected chi connectivity index (χ4v) is 4.32. The molecule has 0 aromatic heterocycles. The van der Waals surface area contributed by atoms with E-state index in [0.717, 1.165) is 52.0 Å². The predicted molar refractivity (Wildman–Crippen MR) is 69.5 cm³/mol. The van der Waals surface area contributed by atoms with E-state index in [9.17, 15) is 8.42 Å². The molecule has 0 aliphatic carbocycles. The third-order valence-corrected chi connectivity index (χ3v) is 5.74. The molecule has 2 rings (SSSR count). The van der Waals surface area contributed by atoms with E-state index in [1.54, 1.807) is 4.31 Å². The molecule has 2 aliphatic rings. The summed E-state index contributed by atoms with van der Waals surface area (Å²) >= 11 is 0. The predicted octanol–water partition coefficient (Wildman–Crippen LogP) is 1.29. The van der Waals surface area contributed by atoms with Crippen LogP contribution in [0.4, 0.5) is 0 Å². The molecule has 4 nitrogen and oxygen atoms in total. The highest BCUT2D eigenvalue weighted by Crippen LogP contribution is 2.14. The van der Waals surface area contributed by atoms with Crippen LogP contribution in [0.2, 0.25) is 0 Å². The molecule has 0 N–H and O–H groups in total. The van der Waals surface area contributed by atoms with Gasteiger partial charge in [0.05, 0.1) is 5.75 Å². The normalized spacial score (nSPS) is 24.2. The summed E-state index contributed by atoms with van der Waals surface area (Å²) in [5.41, 5.74) is 0. The topological polar surface area (TPSA) is 40.6 Å². The Labute approximate surface area is 105 Å². The largest absolute Gasteiger partial charge is 0.303 e. The van der Waals surface area contributed by atoms with Gasteiger partial charge in [0, 0.05) is 13.1 Å². The van der Waals surface area contributed by atoms with Crippen LogP contribution in [0.25, 0.3) is 0 Å². The maximum absolute atomic E-state index is 12.1. The van der Waals surface area contributed by atoms with E-state index >= 15 is 0 Å². The van der Waals surface area contributed by atoms with Crippen molar-refractivity contribution in [2.45, 2.75) is 38.5 Å². The summed E-state index contributed by atoms with van der Waals surface area (Å²) < 4.78 is 25.8. The van der Waals surface area contributed by atoms with E-state index in [-0.39, 0.29) is 0 Å². The molecule has 2 aliphatic heterocycles. The fraction of sp³-hybridized carbons (Fsp3) is 1.00. The summed E-state index contributed by atoms with van der Waals surface area (Å²) in [6.07, 6.45) is 6.59. The van der Waals surface area contributed by atoms with Gasteiger partial charge in [-0.05, 0) is 51.7 Å². The van der Waals surface area contributed by atoms with Gasteiger partial charge in [-0.1, -0.05) is 6.42 Å². The molecule has 0 spiro atoms. The smallest absolute Gasteiger partial charge is 0.214 e. The van der Waals surface area contributed by atoms with Gasteiger partial charge < -0.3 is 4.90 Å². The highest BCUT2D eigenvalue weighted by molar-refractivity contribution is 7.89. The van der Waals surface area contributed by atoms with Gasteiger partial charge in [-0.15, -0.1) is 0 Å². The fourth-order valence-electron chi connectivity index (χ4n) is 2.75. The SMILES string of the molecule is O=S(=O)(CCCN1CCCC1)N1CCCCC1. The van der Waals surface area contributed by atoms with Crippen molar-refractivity contribution in [1.29, 1.82) is 0 Å². The lowest BCUT2D eigenvalue weighted by Crippen LogP contribution is -2.37. The molecule has 0 radical (unpaired) electrons. The highest BCUT2D eigenvalue weighted by Gasteiger charge is 2.23. The van der Waals surface area contributed by atoms with Crippen molar-refractivity contribution in [3.63, 3.8) is 0 Å². The second-order valence-corrected chi connectivity index (χ2v) is 7.27. The van der Waals surface area contributed by atoms with Gasteiger partial charge in [-0.25, -0.2) is 12.7 Å². The van der Waals surface area contributed by atoms with Crippen LogP contribution in [0.3, 0.4) is 0 Å². The first-order valence-electron chi connectivity index (χ1n) is 6.89. The standard InChI is InChI=1S/C12H24N2O2S/c15-17(16,14-10-2-1-3-11-14)12-6-9-13-7-4-5-8-13/h1-12H2. The molecular formula is C12H24N2O2S. The van der Waals surface area contributed by atoms with Crippen LogP contribution in [0.15, 0.2) is 0 Å². The van der Waals surface area contributed by atoms with Crippen molar-refractivity contribution < 1.29 is 8.42 Å². The lowest BCUT2D eigenvalue weighted by atomic mass is 10.2. The van der Waals surface area contributed by atoms with Crippen LogP contribution in [0.5, 0.6) is 0 Å². The van der Waals surface area contributed by atoms with Crippen molar-refractivity contribution >= 4 is 10.0 Å². The van der Waals surface area contributed by atoms with Gasteiger partial charge in [-0.2, -0.15) is 0 Å². The summed E-state index contributed by atoms with van der Waals surface area (Å²) in [6, 6.07) is 0. The first-order valence-corrected chi connectivity index (χ1v) is 8.49. The maximum Gasteiger partial charge on any atom is 0.214 e. The van der Waals surface area contributed by atoms with Crippen molar-refractivity contribution in [1.82, 2.24) is 9.21 Å². The van der Waals surface area contributed by atoms with Crippen LogP contribution < -0.4 is 0 Å². The second-order valence-electron chi connectivity index (χ2n) is 5.18. The van der Waals surface area contributed by atoms with Gasteiger partial charge >= 0.3 is 0 Å². The number of nitrogens with zero attached hydrogens (tertiary/aromatic N) is 2. The number of hydrogen-bond acceptors (Lipinski definition) is 3. The van der Waals surface area contributed by atoms with Crippen molar-refractivity contribution in [2.75, 3.05) is 38.5 Å². The minimum absolute atomic E-state index is 0.337. The van der Waals surface area contributed by atoms with E-state index in [1.807, 2.05) is 0 Å². The van der Waals surface area contributed by atoms with E-state index in [2.05, 4.69) is 4.90 Å². The molecule has 2 heterocycles. The first kappa shape index (κ1) is 13.3. The Morgan fingerprint density at radius 1 is 0.824 bits per heavy atom. The zero-order valence-corrected chi connectivity index (χ0v) is 11.4. The number of rotatable bonds is 5. The van der Waals surface area contributed by atoms with Crippen LogP contribution in [-0.4, -0.2) is 56.1 Å². The van der Waals surface area contributed by atoms with E-state index < -0.39 is 10.0 Å². The van der Waals surface area contributed by atoms with Crippen LogP contribution in [-0.2, 0) is 10.0 Å². The van der Waals surface area contributed by atoms with Gasteiger partial charge in [0.25, 0.3) is 0 Å². The molecule has 0 aromatic rings. The molecule has 2 fully saturated rings. The van der Waals surface area contributed by atoms with E-state index in [0.29, 0.717) is 5.75 Å². The van der Waals surface area contributed by atoms with Crippen molar-refractivity contribution in [3.05, 3.63) is 0 Å². The van der Waals surface area contributed by atoms with Gasteiger partial charge in [0.1, 0.15) is 0 Å². The Morgan fingerprint density at radius 2 is 1.41 bits per heavy atom. The average Bonchev–Trinajstić information content (AvgIpc) is 2.83.